The molecular weight excluding hydrogens is 370 g/mol. The van der Waals surface area contributed by atoms with Gasteiger partial charge in [-0.3, -0.25) is 9.97 Å². The van der Waals surface area contributed by atoms with Crippen LogP contribution < -0.4 is 10.2 Å². The van der Waals surface area contributed by atoms with Gasteiger partial charge >= 0.3 is 0 Å². The maximum absolute atomic E-state index is 9.31. The SMILES string of the molecule is C[C@@H]1CN(c2ccc(C#N)c3nccnc23)C[C@H](CSC2CNC2)O1.Cl. The minimum Gasteiger partial charge on any atom is -0.371 e. The van der Waals surface area contributed by atoms with Crippen molar-refractivity contribution >= 4 is 40.9 Å². The molecule has 0 unspecified atom stereocenters. The van der Waals surface area contributed by atoms with Crippen molar-refractivity contribution in [2.75, 3.05) is 36.8 Å². The Morgan fingerprint density at radius 2 is 2.04 bits per heavy atom. The number of morpholine rings is 1. The first-order chi connectivity index (χ1) is 12.2. The van der Waals surface area contributed by atoms with Gasteiger partial charge in [-0.1, -0.05) is 0 Å². The Morgan fingerprint density at radius 3 is 2.73 bits per heavy atom. The van der Waals surface area contributed by atoms with E-state index in [4.69, 9.17) is 4.74 Å². The Balaban J connectivity index is 0.00000196. The minimum atomic E-state index is 0. The zero-order chi connectivity index (χ0) is 17.2. The number of halogens is 1. The molecule has 1 N–H and O–H groups in total. The molecule has 2 aliphatic heterocycles. The Bertz CT molecular complexity index is 810. The number of hydrogen-bond donors (Lipinski definition) is 1. The lowest BCUT2D eigenvalue weighted by Crippen LogP contribution is -2.49. The van der Waals surface area contributed by atoms with Crippen LogP contribution in [-0.4, -0.2) is 59.4 Å². The maximum atomic E-state index is 9.31. The predicted molar refractivity (Wildman–Crippen MR) is 107 cm³/mol. The van der Waals surface area contributed by atoms with Crippen molar-refractivity contribution in [3.63, 3.8) is 0 Å². The van der Waals surface area contributed by atoms with E-state index in [0.717, 1.165) is 48.4 Å². The van der Waals surface area contributed by atoms with E-state index < -0.39 is 0 Å². The molecule has 0 aliphatic carbocycles. The van der Waals surface area contributed by atoms with Gasteiger partial charge in [0.05, 0.1) is 23.5 Å². The topological polar surface area (TPSA) is 74.1 Å². The van der Waals surface area contributed by atoms with Crippen LogP contribution in [0.25, 0.3) is 11.0 Å². The highest BCUT2D eigenvalue weighted by Crippen LogP contribution is 2.29. The third-order valence-corrected chi connectivity index (χ3v) is 6.02. The molecule has 3 heterocycles. The summed E-state index contributed by atoms with van der Waals surface area (Å²) in [6.45, 7) is 5.99. The van der Waals surface area contributed by atoms with Crippen LogP contribution in [0.15, 0.2) is 24.5 Å². The Morgan fingerprint density at radius 1 is 1.27 bits per heavy atom. The number of nitriles is 1. The molecule has 6 nitrogen and oxygen atoms in total. The van der Waals surface area contributed by atoms with Gasteiger partial charge in [-0.25, -0.2) is 0 Å². The van der Waals surface area contributed by atoms with Gasteiger partial charge in [0.15, 0.2) is 0 Å². The lowest BCUT2D eigenvalue weighted by atomic mass is 10.1. The molecule has 1 aromatic heterocycles. The summed E-state index contributed by atoms with van der Waals surface area (Å²) in [7, 11) is 0. The van der Waals surface area contributed by atoms with Crippen LogP contribution in [0.2, 0.25) is 0 Å². The normalized spacial score (nSPS) is 23.2. The molecule has 2 atom stereocenters. The highest BCUT2D eigenvalue weighted by atomic mass is 35.5. The maximum Gasteiger partial charge on any atom is 0.113 e. The summed E-state index contributed by atoms with van der Waals surface area (Å²) in [5.41, 5.74) is 3.08. The van der Waals surface area contributed by atoms with Crippen molar-refractivity contribution in [2.45, 2.75) is 24.4 Å². The van der Waals surface area contributed by atoms with Crippen molar-refractivity contribution in [3.8, 4) is 6.07 Å². The molecule has 2 aromatic rings. The molecule has 0 amide bonds. The first-order valence-electron chi connectivity index (χ1n) is 8.61. The van der Waals surface area contributed by atoms with Crippen LogP contribution in [0.4, 0.5) is 5.69 Å². The van der Waals surface area contributed by atoms with E-state index in [1.165, 1.54) is 0 Å². The molecule has 2 saturated heterocycles. The summed E-state index contributed by atoms with van der Waals surface area (Å²) in [6, 6.07) is 6.05. The number of nitrogens with one attached hydrogen (secondary N) is 1. The number of hydrogen-bond acceptors (Lipinski definition) is 7. The van der Waals surface area contributed by atoms with Crippen LogP contribution in [0.5, 0.6) is 0 Å². The smallest absolute Gasteiger partial charge is 0.113 e. The lowest BCUT2D eigenvalue weighted by molar-refractivity contribution is -0.00260. The monoisotopic (exact) mass is 391 g/mol. The van der Waals surface area contributed by atoms with E-state index in [1.807, 2.05) is 23.9 Å². The van der Waals surface area contributed by atoms with Crippen molar-refractivity contribution in [2.24, 2.45) is 0 Å². The number of nitrogens with zero attached hydrogens (tertiary/aromatic N) is 4. The fourth-order valence-electron chi connectivity index (χ4n) is 3.35. The molecular formula is C18H22ClN5OS. The molecule has 2 aliphatic rings. The van der Waals surface area contributed by atoms with E-state index in [2.05, 4.69) is 33.2 Å². The van der Waals surface area contributed by atoms with Gasteiger partial charge in [0.2, 0.25) is 0 Å². The first kappa shape index (κ1) is 19.2. The second kappa shape index (κ2) is 8.40. The molecule has 1 aromatic carbocycles. The summed E-state index contributed by atoms with van der Waals surface area (Å²) in [5.74, 6) is 1.01. The van der Waals surface area contributed by atoms with Gasteiger partial charge in [-0.05, 0) is 19.1 Å². The summed E-state index contributed by atoms with van der Waals surface area (Å²) < 4.78 is 6.14. The molecule has 2 fully saturated rings. The highest BCUT2D eigenvalue weighted by Gasteiger charge is 2.28. The molecule has 138 valence electrons. The first-order valence-corrected chi connectivity index (χ1v) is 9.66. The van der Waals surface area contributed by atoms with Gasteiger partial charge in [0, 0.05) is 49.6 Å². The number of thioether (sulfide) groups is 1. The Labute approximate surface area is 163 Å². The van der Waals surface area contributed by atoms with Gasteiger partial charge in [0.25, 0.3) is 0 Å². The average Bonchev–Trinajstić information content (AvgIpc) is 2.59. The van der Waals surface area contributed by atoms with E-state index in [9.17, 15) is 5.26 Å². The summed E-state index contributed by atoms with van der Waals surface area (Å²) in [5, 5.41) is 13.3. The zero-order valence-corrected chi connectivity index (χ0v) is 16.2. The fraction of sp³-hybridized carbons (Fsp3) is 0.500. The zero-order valence-electron chi connectivity index (χ0n) is 14.6. The van der Waals surface area contributed by atoms with E-state index in [0.29, 0.717) is 11.1 Å². The van der Waals surface area contributed by atoms with E-state index in [-0.39, 0.29) is 24.6 Å². The second-order valence-electron chi connectivity index (χ2n) is 6.58. The molecule has 0 saturated carbocycles. The van der Waals surface area contributed by atoms with Gasteiger partial charge in [0.1, 0.15) is 17.1 Å². The van der Waals surface area contributed by atoms with Crippen LogP contribution in [0.3, 0.4) is 0 Å². The number of aromatic nitrogens is 2. The van der Waals surface area contributed by atoms with Crippen molar-refractivity contribution in [1.29, 1.82) is 5.26 Å². The largest absolute Gasteiger partial charge is 0.371 e. The number of benzene rings is 1. The molecule has 26 heavy (non-hydrogen) atoms. The second-order valence-corrected chi connectivity index (χ2v) is 7.92. The van der Waals surface area contributed by atoms with Crippen molar-refractivity contribution < 1.29 is 4.74 Å². The van der Waals surface area contributed by atoms with Gasteiger partial charge in [-0.15, -0.1) is 12.4 Å². The molecule has 0 bridgehead atoms. The quantitative estimate of drug-likeness (QED) is 0.856. The number of anilines is 1. The van der Waals surface area contributed by atoms with Gasteiger partial charge in [-0.2, -0.15) is 17.0 Å². The minimum absolute atomic E-state index is 0. The Kier molecular flexibility index (Phi) is 6.20. The van der Waals surface area contributed by atoms with Gasteiger partial charge < -0.3 is 15.0 Å². The third-order valence-electron chi connectivity index (χ3n) is 4.65. The molecule has 0 spiro atoms. The lowest BCUT2D eigenvalue weighted by Gasteiger charge is -2.39. The van der Waals surface area contributed by atoms with Crippen LogP contribution in [0.1, 0.15) is 12.5 Å². The van der Waals surface area contributed by atoms with Crippen LogP contribution in [0, 0.1) is 11.3 Å². The number of fused-ring (bicyclic) bond motifs is 1. The highest BCUT2D eigenvalue weighted by molar-refractivity contribution is 8.00. The third kappa shape index (κ3) is 3.89. The van der Waals surface area contributed by atoms with Crippen LogP contribution >= 0.6 is 24.2 Å². The van der Waals surface area contributed by atoms with Crippen molar-refractivity contribution in [1.82, 2.24) is 15.3 Å². The molecule has 0 radical (unpaired) electrons. The fourth-order valence-corrected chi connectivity index (χ4v) is 4.49. The predicted octanol–water partition coefficient (Wildman–Crippen LogP) is 2.22. The van der Waals surface area contributed by atoms with E-state index >= 15 is 0 Å². The standard InChI is InChI=1S/C18H21N5OS.ClH/c1-12-9-23(10-14(24-12)11-25-15-7-20-8-15)16-3-2-13(6-19)17-18(16)22-5-4-21-17;/h2-5,12,14-15,20H,7-11H2,1H3;1H/t12-,14-;/m1./s1. The average molecular weight is 392 g/mol. The van der Waals surface area contributed by atoms with Crippen molar-refractivity contribution in [3.05, 3.63) is 30.1 Å². The molecule has 8 heteroatoms. The van der Waals surface area contributed by atoms with Crippen LogP contribution in [-0.2, 0) is 4.74 Å². The summed E-state index contributed by atoms with van der Waals surface area (Å²) in [6.07, 6.45) is 3.70. The number of rotatable bonds is 4. The number of ether oxygens (including phenoxy) is 1. The summed E-state index contributed by atoms with van der Waals surface area (Å²) in [4.78, 5) is 11.2. The molecule has 4 rings (SSSR count). The van der Waals surface area contributed by atoms with E-state index in [1.54, 1.807) is 12.4 Å². The summed E-state index contributed by atoms with van der Waals surface area (Å²) >= 11 is 1.99. The Hall–Kier alpha value is -1.59.